The highest BCUT2D eigenvalue weighted by Gasteiger charge is 2.17. The second kappa shape index (κ2) is 5.00. The topological polar surface area (TPSA) is 73.8 Å². The lowest BCUT2D eigenvalue weighted by Crippen LogP contribution is -2.18. The molecule has 2 heterocycles. The van der Waals surface area contributed by atoms with Gasteiger partial charge < -0.3 is 15.1 Å². The number of rotatable bonds is 3. The summed E-state index contributed by atoms with van der Waals surface area (Å²) in [5, 5.41) is 11.8. The third-order valence-corrected chi connectivity index (χ3v) is 3.92. The van der Waals surface area contributed by atoms with Gasteiger partial charge in [-0.25, -0.2) is 4.79 Å². The summed E-state index contributed by atoms with van der Waals surface area (Å²) >= 11 is 6.13. The number of aromatic hydroxyl groups is 1. The van der Waals surface area contributed by atoms with Crippen LogP contribution in [-0.4, -0.2) is 19.6 Å². The van der Waals surface area contributed by atoms with Crippen LogP contribution in [0.5, 0.6) is 5.88 Å². The molecule has 6 heteroatoms. The summed E-state index contributed by atoms with van der Waals surface area (Å²) in [4.78, 5) is 17.7. The Bertz CT molecular complexity index is 858. The van der Waals surface area contributed by atoms with E-state index in [2.05, 4.69) is 9.97 Å². The average Bonchev–Trinajstić information content (AvgIpc) is 2.94. The molecule has 0 unspecified atom stereocenters. The molecule has 21 heavy (non-hydrogen) atoms. The maximum atomic E-state index is 11.9. The lowest BCUT2D eigenvalue weighted by Gasteiger charge is -2.06. The van der Waals surface area contributed by atoms with Gasteiger partial charge in [0.1, 0.15) is 0 Å². The zero-order chi connectivity index (χ0) is 15.1. The number of hydrogen-bond acceptors (Lipinski definition) is 2. The number of imidazole rings is 1. The van der Waals surface area contributed by atoms with Gasteiger partial charge in [0.2, 0.25) is 5.88 Å². The molecule has 0 atom stereocenters. The minimum atomic E-state index is -0.296. The number of aromatic amines is 2. The summed E-state index contributed by atoms with van der Waals surface area (Å²) in [5.41, 5.74) is 2.05. The largest absolute Gasteiger partial charge is 0.493 e. The van der Waals surface area contributed by atoms with E-state index in [9.17, 15) is 9.90 Å². The van der Waals surface area contributed by atoms with Crippen molar-refractivity contribution in [3.63, 3.8) is 0 Å². The fourth-order valence-corrected chi connectivity index (χ4v) is 2.83. The van der Waals surface area contributed by atoms with Gasteiger partial charge in [-0.15, -0.1) is 0 Å². The predicted octanol–water partition coefficient (Wildman–Crippen LogP) is 3.19. The van der Waals surface area contributed by atoms with E-state index in [-0.39, 0.29) is 17.6 Å². The predicted molar refractivity (Wildman–Crippen MR) is 83.2 cm³/mol. The molecule has 0 bridgehead atoms. The summed E-state index contributed by atoms with van der Waals surface area (Å²) in [6.45, 7) is 3.70. The molecule has 0 spiro atoms. The normalized spacial score (nSPS) is 11.6. The van der Waals surface area contributed by atoms with Gasteiger partial charge in [0.25, 0.3) is 0 Å². The van der Waals surface area contributed by atoms with Gasteiger partial charge in [-0.1, -0.05) is 23.7 Å². The van der Waals surface area contributed by atoms with Gasteiger partial charge in [-0.2, -0.15) is 0 Å². The smallest absolute Gasteiger partial charge is 0.328 e. The summed E-state index contributed by atoms with van der Waals surface area (Å²) < 4.78 is 1.34. The van der Waals surface area contributed by atoms with Gasteiger partial charge in [0.15, 0.2) is 0 Å². The van der Waals surface area contributed by atoms with Crippen LogP contribution >= 0.6 is 11.6 Å². The van der Waals surface area contributed by atoms with Gasteiger partial charge >= 0.3 is 5.69 Å². The van der Waals surface area contributed by atoms with Crippen LogP contribution in [0.4, 0.5) is 0 Å². The SMILES string of the molecule is CC(C)n1c(O)c(Cc2c[nH]c3c(Cl)cccc23)[nH]c1=O. The lowest BCUT2D eigenvalue weighted by atomic mass is 10.1. The number of nitrogens with zero attached hydrogens (tertiary/aromatic N) is 1. The molecule has 110 valence electrons. The Morgan fingerprint density at radius 3 is 2.81 bits per heavy atom. The van der Waals surface area contributed by atoms with Crippen molar-refractivity contribution in [3.8, 4) is 5.88 Å². The minimum Gasteiger partial charge on any atom is -0.493 e. The van der Waals surface area contributed by atoms with E-state index in [0.29, 0.717) is 17.1 Å². The summed E-state index contributed by atoms with van der Waals surface area (Å²) in [6.07, 6.45) is 2.28. The van der Waals surface area contributed by atoms with Crippen LogP contribution in [0.2, 0.25) is 5.02 Å². The maximum absolute atomic E-state index is 11.9. The first-order valence-electron chi connectivity index (χ1n) is 6.76. The molecule has 0 radical (unpaired) electrons. The van der Waals surface area contributed by atoms with Crippen LogP contribution < -0.4 is 5.69 Å². The second-order valence-corrected chi connectivity index (χ2v) is 5.76. The van der Waals surface area contributed by atoms with Crippen molar-refractivity contribution in [3.05, 3.63) is 51.2 Å². The van der Waals surface area contributed by atoms with E-state index in [1.807, 2.05) is 38.2 Å². The standard InChI is InChI=1S/C15H16ClN3O2/c1-8(2)19-14(20)12(18-15(19)21)6-9-7-17-13-10(9)4-3-5-11(13)16/h3-5,7-8,17,20H,6H2,1-2H3,(H,18,21). The van der Waals surface area contributed by atoms with Crippen LogP contribution in [0.1, 0.15) is 31.1 Å². The molecule has 3 rings (SSSR count). The maximum Gasteiger partial charge on any atom is 0.328 e. The first-order chi connectivity index (χ1) is 9.99. The number of fused-ring (bicyclic) bond motifs is 1. The molecule has 0 amide bonds. The van der Waals surface area contributed by atoms with E-state index in [1.54, 1.807) is 0 Å². The number of H-pyrrole nitrogens is 2. The van der Waals surface area contributed by atoms with Crippen LogP contribution in [-0.2, 0) is 6.42 Å². The average molecular weight is 306 g/mol. The van der Waals surface area contributed by atoms with Crippen molar-refractivity contribution in [2.45, 2.75) is 26.3 Å². The number of nitrogens with one attached hydrogen (secondary N) is 2. The summed E-state index contributed by atoms with van der Waals surface area (Å²) in [6, 6.07) is 5.56. The fraction of sp³-hybridized carbons (Fsp3) is 0.267. The third kappa shape index (κ3) is 2.23. The number of benzene rings is 1. The highest BCUT2D eigenvalue weighted by molar-refractivity contribution is 6.35. The van der Waals surface area contributed by atoms with Crippen LogP contribution in [0.3, 0.4) is 0 Å². The van der Waals surface area contributed by atoms with Crippen molar-refractivity contribution in [1.29, 1.82) is 0 Å². The molecular weight excluding hydrogens is 290 g/mol. The number of halogens is 1. The molecule has 5 nitrogen and oxygen atoms in total. The number of para-hydroxylation sites is 1. The van der Waals surface area contributed by atoms with Crippen molar-refractivity contribution < 1.29 is 5.11 Å². The first-order valence-corrected chi connectivity index (χ1v) is 7.13. The molecule has 2 aromatic heterocycles. The highest BCUT2D eigenvalue weighted by atomic mass is 35.5. The Hall–Kier alpha value is -2.14. The van der Waals surface area contributed by atoms with E-state index in [4.69, 9.17) is 11.6 Å². The van der Waals surface area contributed by atoms with E-state index in [1.165, 1.54) is 4.57 Å². The molecule has 0 fully saturated rings. The fourth-order valence-electron chi connectivity index (χ4n) is 2.60. The monoisotopic (exact) mass is 305 g/mol. The van der Waals surface area contributed by atoms with Crippen LogP contribution in [0.25, 0.3) is 10.9 Å². The highest BCUT2D eigenvalue weighted by Crippen LogP contribution is 2.28. The van der Waals surface area contributed by atoms with E-state index < -0.39 is 0 Å². The van der Waals surface area contributed by atoms with Crippen LogP contribution in [0.15, 0.2) is 29.2 Å². The van der Waals surface area contributed by atoms with Gasteiger partial charge in [-0.3, -0.25) is 4.57 Å². The zero-order valence-corrected chi connectivity index (χ0v) is 12.5. The van der Waals surface area contributed by atoms with Gasteiger partial charge in [0, 0.05) is 24.0 Å². The van der Waals surface area contributed by atoms with Gasteiger partial charge in [0.05, 0.1) is 16.2 Å². The molecule has 0 aliphatic rings. The third-order valence-electron chi connectivity index (χ3n) is 3.61. The minimum absolute atomic E-state index is 0.00798. The molecule has 3 N–H and O–H groups in total. The molecule has 3 aromatic rings. The van der Waals surface area contributed by atoms with E-state index in [0.717, 1.165) is 16.5 Å². The lowest BCUT2D eigenvalue weighted by molar-refractivity contribution is 0.391. The van der Waals surface area contributed by atoms with Crippen molar-refractivity contribution in [1.82, 2.24) is 14.5 Å². The van der Waals surface area contributed by atoms with Gasteiger partial charge in [-0.05, 0) is 25.5 Å². The number of hydrogen-bond donors (Lipinski definition) is 3. The Labute approximate surface area is 126 Å². The Kier molecular flexibility index (Phi) is 3.29. The molecule has 0 saturated heterocycles. The summed E-state index contributed by atoms with van der Waals surface area (Å²) in [7, 11) is 0. The summed E-state index contributed by atoms with van der Waals surface area (Å²) in [5.74, 6) is -0.00798. The first kappa shape index (κ1) is 13.8. The van der Waals surface area contributed by atoms with Crippen molar-refractivity contribution >= 4 is 22.5 Å². The second-order valence-electron chi connectivity index (χ2n) is 5.35. The Morgan fingerprint density at radius 1 is 1.38 bits per heavy atom. The van der Waals surface area contributed by atoms with Crippen LogP contribution in [0, 0.1) is 0 Å². The molecule has 1 aromatic carbocycles. The van der Waals surface area contributed by atoms with Crippen molar-refractivity contribution in [2.24, 2.45) is 0 Å². The van der Waals surface area contributed by atoms with E-state index >= 15 is 0 Å². The Morgan fingerprint density at radius 2 is 2.14 bits per heavy atom. The quantitative estimate of drug-likeness (QED) is 0.695. The molecular formula is C15H16ClN3O2. The molecule has 0 aliphatic carbocycles. The molecule has 0 aliphatic heterocycles. The van der Waals surface area contributed by atoms with Crippen molar-refractivity contribution in [2.75, 3.05) is 0 Å². The zero-order valence-electron chi connectivity index (χ0n) is 11.8. The molecule has 0 saturated carbocycles. The Balaban J connectivity index is 2.06. The number of aromatic nitrogens is 3.